The van der Waals surface area contributed by atoms with Gasteiger partial charge in [0.05, 0.1) is 17.4 Å². The number of likely N-dealkylation sites (tertiary alicyclic amines) is 1. The molecule has 3 heterocycles. The molecule has 0 saturated carbocycles. The van der Waals surface area contributed by atoms with Crippen molar-refractivity contribution in [3.8, 4) is 0 Å². The van der Waals surface area contributed by atoms with Crippen molar-refractivity contribution in [3.05, 3.63) is 17.0 Å². The van der Waals surface area contributed by atoms with Crippen molar-refractivity contribution >= 4 is 5.91 Å². The first-order valence-electron chi connectivity index (χ1n) is 8.62. The Morgan fingerprint density at radius 3 is 2.78 bits per heavy atom. The van der Waals surface area contributed by atoms with Gasteiger partial charge >= 0.3 is 0 Å². The predicted molar refractivity (Wildman–Crippen MR) is 86.1 cm³/mol. The molecule has 1 aromatic rings. The summed E-state index contributed by atoms with van der Waals surface area (Å²) in [5, 5.41) is 17.5. The lowest BCUT2D eigenvalue weighted by Crippen LogP contribution is -2.56. The molecule has 6 nitrogen and oxygen atoms in total. The van der Waals surface area contributed by atoms with Crippen LogP contribution in [0.1, 0.15) is 49.1 Å². The van der Waals surface area contributed by atoms with E-state index in [1.807, 2.05) is 18.7 Å². The summed E-state index contributed by atoms with van der Waals surface area (Å²) in [6.45, 7) is 6.10. The van der Waals surface area contributed by atoms with Crippen molar-refractivity contribution in [1.82, 2.24) is 15.1 Å². The number of carbonyl (C=O) groups excluding carboxylic acids is 1. The minimum Gasteiger partial charge on any atom is -0.390 e. The number of hydrogen-bond acceptors (Lipinski definition) is 4. The fraction of sp³-hybridized carbons (Fsp3) is 0.765. The first kappa shape index (κ1) is 16.5. The van der Waals surface area contributed by atoms with Gasteiger partial charge in [-0.2, -0.15) is 5.10 Å². The maximum absolute atomic E-state index is 12.4. The van der Waals surface area contributed by atoms with Crippen LogP contribution in [-0.2, 0) is 16.0 Å². The van der Waals surface area contributed by atoms with Crippen LogP contribution in [0.5, 0.6) is 0 Å². The lowest BCUT2D eigenvalue weighted by molar-refractivity contribution is -0.179. The Bertz CT molecular complexity index is 561. The molecular weight excluding hydrogens is 294 g/mol. The van der Waals surface area contributed by atoms with Crippen LogP contribution in [0.2, 0.25) is 0 Å². The van der Waals surface area contributed by atoms with E-state index in [2.05, 4.69) is 10.2 Å². The topological polar surface area (TPSA) is 78.5 Å². The van der Waals surface area contributed by atoms with Crippen LogP contribution >= 0.6 is 0 Å². The average Bonchev–Trinajstić information content (AvgIpc) is 2.88. The molecule has 23 heavy (non-hydrogen) atoms. The van der Waals surface area contributed by atoms with Crippen LogP contribution in [0.3, 0.4) is 0 Å². The third-order valence-electron chi connectivity index (χ3n) is 5.51. The number of hydrogen-bond donors (Lipinski definition) is 2. The van der Waals surface area contributed by atoms with E-state index in [1.165, 1.54) is 0 Å². The largest absolute Gasteiger partial charge is 0.390 e. The molecule has 128 valence electrons. The van der Waals surface area contributed by atoms with E-state index >= 15 is 0 Å². The van der Waals surface area contributed by atoms with Crippen molar-refractivity contribution in [2.75, 3.05) is 19.7 Å². The molecule has 1 aromatic heterocycles. The predicted octanol–water partition coefficient (Wildman–Crippen LogP) is 1.49. The van der Waals surface area contributed by atoms with Gasteiger partial charge in [-0.1, -0.05) is 0 Å². The molecule has 3 rings (SSSR count). The Morgan fingerprint density at radius 1 is 1.43 bits per heavy atom. The van der Waals surface area contributed by atoms with Crippen LogP contribution in [0.15, 0.2) is 0 Å². The van der Waals surface area contributed by atoms with Crippen molar-refractivity contribution in [3.63, 3.8) is 0 Å². The first-order valence-corrected chi connectivity index (χ1v) is 8.62. The molecular formula is C17H27N3O3. The molecule has 1 atom stereocenters. The Hall–Kier alpha value is -1.40. The molecule has 6 heteroatoms. The van der Waals surface area contributed by atoms with Crippen LogP contribution in [0.25, 0.3) is 0 Å². The molecule has 0 aromatic carbocycles. The van der Waals surface area contributed by atoms with Gasteiger partial charge in [0.2, 0.25) is 5.91 Å². The fourth-order valence-electron chi connectivity index (χ4n) is 3.69. The number of rotatable bonds is 3. The van der Waals surface area contributed by atoms with E-state index in [9.17, 15) is 9.90 Å². The second kappa shape index (κ2) is 6.61. The monoisotopic (exact) mass is 321 g/mol. The van der Waals surface area contributed by atoms with Crippen LogP contribution in [0, 0.1) is 13.8 Å². The van der Waals surface area contributed by atoms with E-state index < -0.39 is 5.60 Å². The van der Waals surface area contributed by atoms with Gasteiger partial charge in [-0.05, 0) is 45.1 Å². The zero-order valence-corrected chi connectivity index (χ0v) is 14.1. The Morgan fingerprint density at radius 2 is 2.17 bits per heavy atom. The van der Waals surface area contributed by atoms with Gasteiger partial charge in [-0.3, -0.25) is 9.89 Å². The molecule has 0 radical (unpaired) electrons. The highest BCUT2D eigenvalue weighted by Crippen LogP contribution is 2.35. The average molecular weight is 321 g/mol. The summed E-state index contributed by atoms with van der Waals surface area (Å²) >= 11 is 0. The van der Waals surface area contributed by atoms with Gasteiger partial charge in [0.1, 0.15) is 0 Å². The molecule has 0 unspecified atom stereocenters. The van der Waals surface area contributed by atoms with Crippen molar-refractivity contribution in [2.45, 2.75) is 64.1 Å². The van der Waals surface area contributed by atoms with Crippen molar-refractivity contribution in [1.29, 1.82) is 0 Å². The van der Waals surface area contributed by atoms with Crippen LogP contribution in [-0.4, -0.2) is 57.5 Å². The van der Waals surface area contributed by atoms with E-state index in [4.69, 9.17) is 4.74 Å². The van der Waals surface area contributed by atoms with Crippen molar-refractivity contribution in [2.24, 2.45) is 0 Å². The van der Waals surface area contributed by atoms with E-state index in [-0.39, 0.29) is 12.0 Å². The van der Waals surface area contributed by atoms with Gasteiger partial charge in [-0.15, -0.1) is 0 Å². The SMILES string of the molecule is Cc1[nH]nc(CCC(=O)N2CCC3(CC2)OCCC[C@@H]3O)c1C. The third kappa shape index (κ3) is 3.28. The van der Waals surface area contributed by atoms with E-state index in [0.29, 0.717) is 25.9 Å². The number of carbonyl (C=O) groups is 1. The highest BCUT2D eigenvalue weighted by molar-refractivity contribution is 5.76. The summed E-state index contributed by atoms with van der Waals surface area (Å²) < 4.78 is 5.89. The number of piperidine rings is 1. The lowest BCUT2D eigenvalue weighted by Gasteiger charge is -2.46. The Kier molecular flexibility index (Phi) is 4.73. The van der Waals surface area contributed by atoms with Gasteiger partial charge in [-0.25, -0.2) is 0 Å². The van der Waals surface area contributed by atoms with Gasteiger partial charge < -0.3 is 14.7 Å². The molecule has 2 fully saturated rings. The summed E-state index contributed by atoms with van der Waals surface area (Å²) in [6, 6.07) is 0. The van der Waals surface area contributed by atoms with E-state index in [0.717, 1.165) is 49.2 Å². The fourth-order valence-corrected chi connectivity index (χ4v) is 3.69. The molecule has 2 N–H and O–H groups in total. The highest BCUT2D eigenvalue weighted by Gasteiger charge is 2.44. The number of nitrogens with zero attached hydrogens (tertiary/aromatic N) is 2. The standard InChI is InChI=1S/C17H27N3O3/c1-12-13(2)18-19-14(12)5-6-16(22)20-9-7-17(8-10-20)15(21)4-3-11-23-17/h15,21H,3-11H2,1-2H3,(H,18,19)/t15-/m0/s1. The summed E-state index contributed by atoms with van der Waals surface area (Å²) in [5.41, 5.74) is 2.78. The summed E-state index contributed by atoms with van der Waals surface area (Å²) in [4.78, 5) is 14.3. The molecule has 0 aliphatic carbocycles. The molecule has 1 spiro atoms. The molecule has 0 bridgehead atoms. The Labute approximate surface area is 137 Å². The van der Waals surface area contributed by atoms with Gasteiger partial charge in [0, 0.05) is 38.2 Å². The number of aryl methyl sites for hydroxylation is 2. The maximum atomic E-state index is 12.4. The summed E-state index contributed by atoms with van der Waals surface area (Å²) in [7, 11) is 0. The second-order valence-corrected chi connectivity index (χ2v) is 6.87. The maximum Gasteiger partial charge on any atom is 0.222 e. The number of aromatic amines is 1. The highest BCUT2D eigenvalue weighted by atomic mass is 16.5. The quantitative estimate of drug-likeness (QED) is 0.884. The van der Waals surface area contributed by atoms with E-state index in [1.54, 1.807) is 0 Å². The third-order valence-corrected chi connectivity index (χ3v) is 5.51. The number of H-pyrrole nitrogens is 1. The number of aliphatic hydroxyl groups excluding tert-OH is 1. The lowest BCUT2D eigenvalue weighted by atomic mass is 9.82. The summed E-state index contributed by atoms with van der Waals surface area (Å²) in [5.74, 6) is 0.171. The molecule has 2 saturated heterocycles. The van der Waals surface area contributed by atoms with Crippen LogP contribution < -0.4 is 0 Å². The minimum atomic E-state index is -0.412. The van der Waals surface area contributed by atoms with Gasteiger partial charge in [0.25, 0.3) is 0 Å². The minimum absolute atomic E-state index is 0.171. The number of ether oxygens (including phenoxy) is 1. The first-order chi connectivity index (χ1) is 11.0. The molecule has 2 aliphatic heterocycles. The molecule has 2 aliphatic rings. The number of aliphatic hydroxyl groups is 1. The zero-order chi connectivity index (χ0) is 16.4. The smallest absolute Gasteiger partial charge is 0.222 e. The summed E-state index contributed by atoms with van der Waals surface area (Å²) in [6.07, 6.45) is 3.99. The Balaban J connectivity index is 1.51. The number of amides is 1. The van der Waals surface area contributed by atoms with Crippen molar-refractivity contribution < 1.29 is 14.6 Å². The van der Waals surface area contributed by atoms with Gasteiger partial charge in [0.15, 0.2) is 0 Å². The second-order valence-electron chi connectivity index (χ2n) is 6.87. The number of aromatic nitrogens is 2. The number of nitrogens with one attached hydrogen (secondary N) is 1. The zero-order valence-electron chi connectivity index (χ0n) is 14.1. The normalized spacial score (nSPS) is 24.1. The van der Waals surface area contributed by atoms with Crippen LogP contribution in [0.4, 0.5) is 0 Å². The molecule has 1 amide bonds.